The van der Waals surface area contributed by atoms with Crippen LogP contribution in [0.1, 0.15) is 12.8 Å². The second-order valence-corrected chi connectivity index (χ2v) is 5.93. The Hall–Kier alpha value is -2.43. The molecule has 1 aromatic rings. The molecule has 1 heterocycles. The Morgan fingerprint density at radius 2 is 1.90 bits per heavy atom. The van der Waals surface area contributed by atoms with Crippen LogP contribution in [-0.4, -0.2) is 46.7 Å². The summed E-state index contributed by atoms with van der Waals surface area (Å²) in [6.45, 7) is -0.527. The molecule has 0 saturated carbocycles. The Morgan fingerprint density at radius 3 is 2.38 bits per heavy atom. The van der Waals surface area contributed by atoms with Crippen LogP contribution in [0.4, 0.5) is 0 Å². The molecule has 9 nitrogen and oxygen atoms in total. The number of carbonyl (C=O) groups is 1. The van der Waals surface area contributed by atoms with Crippen LogP contribution in [0.3, 0.4) is 0 Å². The second kappa shape index (κ2) is 7.38. The highest BCUT2D eigenvalue weighted by Crippen LogP contribution is 2.15. The highest BCUT2D eigenvalue weighted by atomic mass is 32.2. The first-order valence-corrected chi connectivity index (χ1v) is 7.34. The summed E-state index contributed by atoms with van der Waals surface area (Å²) < 4.78 is 26.7. The van der Waals surface area contributed by atoms with Gasteiger partial charge in [-0.25, -0.2) is 8.42 Å². The fourth-order valence-electron chi connectivity index (χ4n) is 1.55. The molecule has 1 aromatic heterocycles. The molecule has 0 aliphatic heterocycles. The summed E-state index contributed by atoms with van der Waals surface area (Å²) in [7, 11) is -3.91. The maximum Gasteiger partial charge on any atom is 0.325 e. The number of aromatic nitrogens is 2. The molecule has 0 amide bonds. The van der Waals surface area contributed by atoms with Crippen molar-refractivity contribution in [2.75, 3.05) is 13.1 Å². The third kappa shape index (κ3) is 4.56. The van der Waals surface area contributed by atoms with Gasteiger partial charge in [-0.15, -0.1) is 0 Å². The molecule has 0 saturated heterocycles. The molecule has 0 aromatic carbocycles. The van der Waals surface area contributed by atoms with E-state index >= 15 is 0 Å². The number of carboxylic acid groups (broad SMARTS) is 1. The molecule has 10 heteroatoms. The third-order valence-corrected chi connectivity index (χ3v) is 4.34. The Balaban J connectivity index is 2.99. The summed E-state index contributed by atoms with van der Waals surface area (Å²) in [5.74, 6) is -1.15. The first kappa shape index (κ1) is 16.6. The van der Waals surface area contributed by atoms with E-state index in [0.29, 0.717) is 0 Å². The lowest BCUT2D eigenvalue weighted by atomic mass is 10.4. The van der Waals surface area contributed by atoms with Gasteiger partial charge in [-0.3, -0.25) is 9.48 Å². The summed E-state index contributed by atoms with van der Waals surface area (Å²) in [6.07, 6.45) is 2.14. The first-order valence-electron chi connectivity index (χ1n) is 5.90. The molecule has 1 N–H and O–H groups in total. The van der Waals surface area contributed by atoms with Gasteiger partial charge in [-0.2, -0.15) is 19.9 Å². The highest BCUT2D eigenvalue weighted by molar-refractivity contribution is 7.89. The number of hydrogen-bond acceptors (Lipinski definition) is 6. The Labute approximate surface area is 121 Å². The van der Waals surface area contributed by atoms with Crippen LogP contribution in [0.2, 0.25) is 0 Å². The minimum Gasteiger partial charge on any atom is -0.480 e. The van der Waals surface area contributed by atoms with Crippen molar-refractivity contribution in [2.24, 2.45) is 0 Å². The Morgan fingerprint density at radius 1 is 1.33 bits per heavy atom. The summed E-state index contributed by atoms with van der Waals surface area (Å²) in [5, 5.41) is 29.4. The minimum atomic E-state index is -3.91. The normalized spacial score (nSPS) is 11.0. The summed E-state index contributed by atoms with van der Waals surface area (Å²) in [5.41, 5.74) is 0. The Kier molecular flexibility index (Phi) is 5.84. The van der Waals surface area contributed by atoms with E-state index in [4.69, 9.17) is 15.6 Å². The van der Waals surface area contributed by atoms with E-state index in [1.807, 2.05) is 12.1 Å². The van der Waals surface area contributed by atoms with Gasteiger partial charge in [-0.05, 0) is 0 Å². The number of nitrogens with zero attached hydrogens (tertiary/aromatic N) is 5. The number of nitriles is 2. The van der Waals surface area contributed by atoms with Gasteiger partial charge in [0.2, 0.25) is 10.0 Å². The molecule has 0 spiro atoms. The minimum absolute atomic E-state index is 0.00603. The summed E-state index contributed by atoms with van der Waals surface area (Å²) >= 11 is 0. The molecule has 0 aliphatic rings. The maximum atomic E-state index is 12.3. The monoisotopic (exact) mass is 311 g/mol. The molecule has 21 heavy (non-hydrogen) atoms. The molecule has 0 radical (unpaired) electrons. The zero-order valence-electron chi connectivity index (χ0n) is 11.0. The lowest BCUT2D eigenvalue weighted by molar-refractivity contribution is -0.137. The lowest BCUT2D eigenvalue weighted by Gasteiger charge is -2.18. The number of sulfonamides is 1. The molecule has 0 atom stereocenters. The summed E-state index contributed by atoms with van der Waals surface area (Å²) in [6, 6.07) is 3.68. The fourth-order valence-corrected chi connectivity index (χ4v) is 2.95. The van der Waals surface area contributed by atoms with Gasteiger partial charge in [0.15, 0.2) is 0 Å². The number of carboxylic acids is 1. The van der Waals surface area contributed by atoms with Gasteiger partial charge in [-0.1, -0.05) is 0 Å². The van der Waals surface area contributed by atoms with E-state index in [2.05, 4.69) is 5.10 Å². The fraction of sp³-hybridized carbons (Fsp3) is 0.455. The number of hydrogen-bond donors (Lipinski definition) is 1. The molecule has 1 rings (SSSR count). The molecular formula is C11H13N5O4S. The van der Waals surface area contributed by atoms with E-state index in [1.165, 1.54) is 0 Å². The van der Waals surface area contributed by atoms with E-state index in [0.717, 1.165) is 21.4 Å². The van der Waals surface area contributed by atoms with Gasteiger partial charge >= 0.3 is 5.97 Å². The van der Waals surface area contributed by atoms with Crippen molar-refractivity contribution in [2.45, 2.75) is 24.3 Å². The number of rotatable bonds is 8. The van der Waals surface area contributed by atoms with Crippen molar-refractivity contribution in [3.05, 3.63) is 12.4 Å². The first-order chi connectivity index (χ1) is 9.91. The highest BCUT2D eigenvalue weighted by Gasteiger charge is 2.25. The van der Waals surface area contributed by atoms with E-state index in [9.17, 15) is 13.2 Å². The molecule has 0 fully saturated rings. The van der Waals surface area contributed by atoms with Crippen molar-refractivity contribution >= 4 is 16.0 Å². The SMILES string of the molecule is N#CCCN(CCC#N)S(=O)(=O)c1cnn(CC(=O)O)c1. The van der Waals surface area contributed by atoms with Crippen molar-refractivity contribution in [1.82, 2.24) is 14.1 Å². The molecule has 112 valence electrons. The zero-order valence-corrected chi connectivity index (χ0v) is 11.8. The van der Waals surface area contributed by atoms with Crippen LogP contribution in [-0.2, 0) is 21.4 Å². The molecule has 0 bridgehead atoms. The van der Waals surface area contributed by atoms with Crippen molar-refractivity contribution in [3.63, 3.8) is 0 Å². The largest absolute Gasteiger partial charge is 0.480 e. The van der Waals surface area contributed by atoms with Crippen LogP contribution in [0.5, 0.6) is 0 Å². The van der Waals surface area contributed by atoms with Crippen LogP contribution in [0, 0.1) is 22.7 Å². The van der Waals surface area contributed by atoms with Crippen molar-refractivity contribution in [1.29, 1.82) is 10.5 Å². The number of aliphatic carboxylic acids is 1. The molecular weight excluding hydrogens is 298 g/mol. The van der Waals surface area contributed by atoms with Crippen molar-refractivity contribution < 1.29 is 18.3 Å². The molecule has 0 unspecified atom stereocenters. The van der Waals surface area contributed by atoms with Gasteiger partial charge in [0.05, 0.1) is 18.3 Å². The smallest absolute Gasteiger partial charge is 0.325 e. The third-order valence-electron chi connectivity index (χ3n) is 2.49. The van der Waals surface area contributed by atoms with E-state index in [-0.39, 0.29) is 30.8 Å². The maximum absolute atomic E-state index is 12.3. The van der Waals surface area contributed by atoms with Crippen LogP contribution >= 0.6 is 0 Å². The predicted octanol–water partition coefficient (Wildman–Crippen LogP) is -0.214. The van der Waals surface area contributed by atoms with Crippen LogP contribution < -0.4 is 0 Å². The summed E-state index contributed by atoms with van der Waals surface area (Å²) in [4.78, 5) is 10.4. The van der Waals surface area contributed by atoms with Crippen LogP contribution in [0.15, 0.2) is 17.3 Å². The Bertz CT molecular complexity index is 664. The lowest BCUT2D eigenvalue weighted by Crippen LogP contribution is -2.32. The average Bonchev–Trinajstić information content (AvgIpc) is 2.87. The average molecular weight is 311 g/mol. The van der Waals surface area contributed by atoms with Crippen molar-refractivity contribution in [3.8, 4) is 12.1 Å². The van der Waals surface area contributed by atoms with Gasteiger partial charge in [0, 0.05) is 32.1 Å². The van der Waals surface area contributed by atoms with Gasteiger partial charge < -0.3 is 5.11 Å². The second-order valence-electron chi connectivity index (χ2n) is 3.99. The standard InChI is InChI=1S/C11H13N5O4S/c12-3-1-5-16(6-2-4-13)21(19,20)10-7-14-15(8-10)9-11(17)18/h7-8H,1-2,5-6,9H2,(H,17,18). The van der Waals surface area contributed by atoms with Gasteiger partial charge in [0.1, 0.15) is 11.4 Å². The predicted molar refractivity (Wildman–Crippen MR) is 69.1 cm³/mol. The van der Waals surface area contributed by atoms with E-state index in [1.54, 1.807) is 0 Å². The topological polar surface area (TPSA) is 140 Å². The van der Waals surface area contributed by atoms with Crippen LogP contribution in [0.25, 0.3) is 0 Å². The van der Waals surface area contributed by atoms with E-state index < -0.39 is 22.5 Å². The molecule has 0 aliphatic carbocycles. The van der Waals surface area contributed by atoms with Gasteiger partial charge in [0.25, 0.3) is 0 Å². The zero-order chi connectivity index (χ0) is 15.9. The quantitative estimate of drug-likeness (QED) is 0.700.